The average molecular weight is 290 g/mol. The van der Waals surface area contributed by atoms with Gasteiger partial charge in [-0.15, -0.1) is 11.3 Å². The van der Waals surface area contributed by atoms with E-state index in [1.165, 1.54) is 23.3 Å². The highest BCUT2D eigenvalue weighted by molar-refractivity contribution is 7.16. The van der Waals surface area contributed by atoms with Crippen molar-refractivity contribution < 1.29 is 4.79 Å². The van der Waals surface area contributed by atoms with Crippen LogP contribution in [0.25, 0.3) is 0 Å². The zero-order chi connectivity index (χ0) is 12.8. The maximum Gasteiger partial charge on any atom is 0.256 e. The molecule has 3 nitrogen and oxygen atoms in total. The van der Waals surface area contributed by atoms with Crippen LogP contribution in [0.3, 0.4) is 0 Å². The van der Waals surface area contributed by atoms with Crippen molar-refractivity contribution >= 4 is 33.6 Å². The summed E-state index contributed by atoms with van der Waals surface area (Å²) in [6.45, 7) is 0. The van der Waals surface area contributed by atoms with Gasteiger partial charge in [0.15, 0.2) is 0 Å². The van der Waals surface area contributed by atoms with Gasteiger partial charge in [0.2, 0.25) is 0 Å². The summed E-state index contributed by atoms with van der Waals surface area (Å²) in [5.74, 6) is 0.0874. The molecule has 2 aromatic rings. The summed E-state index contributed by atoms with van der Waals surface area (Å²) in [5, 5.41) is 11.7. The van der Waals surface area contributed by atoms with Crippen LogP contribution in [-0.4, -0.2) is 5.91 Å². The maximum atomic E-state index is 12.4. The Bertz CT molecular complexity index is 630. The van der Waals surface area contributed by atoms with Crippen molar-refractivity contribution in [3.8, 4) is 0 Å². The topological polar surface area (TPSA) is 41.1 Å². The third kappa shape index (κ3) is 1.80. The number of rotatable bonds is 1. The van der Waals surface area contributed by atoms with Gasteiger partial charge in [-0.05, 0) is 48.1 Å². The van der Waals surface area contributed by atoms with Crippen molar-refractivity contribution in [1.82, 2.24) is 5.32 Å². The van der Waals surface area contributed by atoms with Crippen LogP contribution >= 0.6 is 22.7 Å². The first kappa shape index (κ1) is 11.5. The lowest BCUT2D eigenvalue weighted by atomic mass is 9.94. The lowest BCUT2D eigenvalue weighted by Gasteiger charge is -2.25. The minimum atomic E-state index is -0.0775. The Kier molecular flexibility index (Phi) is 2.63. The van der Waals surface area contributed by atoms with Gasteiger partial charge >= 0.3 is 0 Å². The van der Waals surface area contributed by atoms with Crippen molar-refractivity contribution in [3.63, 3.8) is 0 Å². The number of aryl methyl sites for hydroxylation is 1. The molecule has 1 amide bonds. The van der Waals surface area contributed by atoms with Crippen LogP contribution in [0.15, 0.2) is 16.8 Å². The fourth-order valence-electron chi connectivity index (χ4n) is 2.88. The number of hydrogen-bond acceptors (Lipinski definition) is 4. The number of fused-ring (bicyclic) bond motifs is 3. The van der Waals surface area contributed by atoms with Crippen molar-refractivity contribution in [1.29, 1.82) is 0 Å². The zero-order valence-electron chi connectivity index (χ0n) is 10.4. The third-order valence-corrected chi connectivity index (χ3v) is 5.75. The molecule has 2 aromatic heterocycles. The first-order valence-corrected chi connectivity index (χ1v) is 8.33. The molecule has 5 heteroatoms. The van der Waals surface area contributed by atoms with E-state index in [0.717, 1.165) is 29.0 Å². The molecule has 1 unspecified atom stereocenters. The summed E-state index contributed by atoms with van der Waals surface area (Å²) in [7, 11) is 0. The summed E-state index contributed by atoms with van der Waals surface area (Å²) < 4.78 is 0. The van der Waals surface area contributed by atoms with Crippen LogP contribution in [0.1, 0.15) is 45.4 Å². The van der Waals surface area contributed by atoms with E-state index in [1.54, 1.807) is 22.7 Å². The fraction of sp³-hybridized carbons (Fsp3) is 0.357. The molecule has 0 spiro atoms. The molecule has 2 N–H and O–H groups in total. The van der Waals surface area contributed by atoms with E-state index in [-0.39, 0.29) is 12.1 Å². The van der Waals surface area contributed by atoms with Crippen LogP contribution in [0.2, 0.25) is 0 Å². The first-order valence-electron chi connectivity index (χ1n) is 6.57. The second-order valence-electron chi connectivity index (χ2n) is 5.02. The van der Waals surface area contributed by atoms with Crippen molar-refractivity contribution in [2.24, 2.45) is 0 Å². The minimum absolute atomic E-state index is 0.0775. The highest BCUT2D eigenvalue weighted by Crippen LogP contribution is 2.41. The number of carbonyl (C=O) groups is 1. The Hall–Kier alpha value is -1.33. The Balaban J connectivity index is 1.75. The predicted octanol–water partition coefficient (Wildman–Crippen LogP) is 3.54. The third-order valence-electron chi connectivity index (χ3n) is 3.83. The van der Waals surface area contributed by atoms with Gasteiger partial charge in [0.1, 0.15) is 11.2 Å². The molecule has 3 heterocycles. The number of hydrogen-bond donors (Lipinski definition) is 2. The number of thiophene rings is 2. The number of nitrogens with one attached hydrogen (secondary N) is 2. The Morgan fingerprint density at radius 3 is 2.95 bits per heavy atom. The van der Waals surface area contributed by atoms with Gasteiger partial charge in [-0.2, -0.15) is 11.3 Å². The zero-order valence-corrected chi connectivity index (χ0v) is 12.0. The SMILES string of the molecule is O=C1NC(c2ccsc2)Nc2sc3c(c21)CCCC3. The molecule has 19 heavy (non-hydrogen) atoms. The van der Waals surface area contributed by atoms with E-state index < -0.39 is 0 Å². The molecule has 0 saturated heterocycles. The van der Waals surface area contributed by atoms with Gasteiger partial charge < -0.3 is 10.6 Å². The molecule has 0 radical (unpaired) electrons. The first-order chi connectivity index (χ1) is 9.33. The van der Waals surface area contributed by atoms with E-state index in [1.807, 2.05) is 5.38 Å². The van der Waals surface area contributed by atoms with E-state index >= 15 is 0 Å². The molecule has 4 rings (SSSR count). The van der Waals surface area contributed by atoms with Crippen molar-refractivity contribution in [3.05, 3.63) is 38.4 Å². The second-order valence-corrected chi connectivity index (χ2v) is 6.91. The molecule has 2 aliphatic rings. The Morgan fingerprint density at radius 1 is 1.21 bits per heavy atom. The normalized spacial score (nSPS) is 21.3. The molecular weight excluding hydrogens is 276 g/mol. The van der Waals surface area contributed by atoms with E-state index in [9.17, 15) is 4.79 Å². The summed E-state index contributed by atoms with van der Waals surface area (Å²) >= 11 is 3.43. The number of carbonyl (C=O) groups excluding carboxylic acids is 1. The smallest absolute Gasteiger partial charge is 0.256 e. The molecule has 98 valence electrons. The van der Waals surface area contributed by atoms with Crippen LogP contribution in [0, 0.1) is 0 Å². The lowest BCUT2D eigenvalue weighted by molar-refractivity contribution is 0.0935. The minimum Gasteiger partial charge on any atom is -0.353 e. The van der Waals surface area contributed by atoms with Gasteiger partial charge in [-0.3, -0.25) is 4.79 Å². The molecule has 0 fully saturated rings. The average Bonchev–Trinajstić information content (AvgIpc) is 3.05. The summed E-state index contributed by atoms with van der Waals surface area (Å²) in [6.07, 6.45) is 4.57. The number of amides is 1. The predicted molar refractivity (Wildman–Crippen MR) is 79.1 cm³/mol. The van der Waals surface area contributed by atoms with Crippen LogP contribution in [-0.2, 0) is 12.8 Å². The van der Waals surface area contributed by atoms with E-state index in [2.05, 4.69) is 22.1 Å². The fourth-order valence-corrected chi connectivity index (χ4v) is 4.89. The quantitative estimate of drug-likeness (QED) is 0.843. The largest absolute Gasteiger partial charge is 0.353 e. The van der Waals surface area contributed by atoms with Crippen molar-refractivity contribution in [2.45, 2.75) is 31.8 Å². The molecule has 0 aromatic carbocycles. The van der Waals surface area contributed by atoms with E-state index in [0.29, 0.717) is 0 Å². The summed E-state index contributed by atoms with van der Waals surface area (Å²) in [4.78, 5) is 13.8. The molecule has 1 aliphatic carbocycles. The molecule has 1 aliphatic heterocycles. The van der Waals surface area contributed by atoms with Gasteiger partial charge in [0.25, 0.3) is 5.91 Å². The molecule has 0 saturated carbocycles. The number of anilines is 1. The van der Waals surface area contributed by atoms with Crippen LogP contribution < -0.4 is 10.6 Å². The highest BCUT2D eigenvalue weighted by Gasteiger charge is 2.31. The maximum absolute atomic E-state index is 12.4. The Morgan fingerprint density at radius 2 is 2.11 bits per heavy atom. The highest BCUT2D eigenvalue weighted by atomic mass is 32.1. The monoisotopic (exact) mass is 290 g/mol. The summed E-state index contributed by atoms with van der Waals surface area (Å²) in [6, 6.07) is 2.06. The van der Waals surface area contributed by atoms with Gasteiger partial charge in [0.05, 0.1) is 5.56 Å². The molecule has 0 bridgehead atoms. The van der Waals surface area contributed by atoms with Crippen LogP contribution in [0.5, 0.6) is 0 Å². The van der Waals surface area contributed by atoms with Crippen molar-refractivity contribution in [2.75, 3.05) is 5.32 Å². The van der Waals surface area contributed by atoms with Gasteiger partial charge in [0, 0.05) is 10.4 Å². The second kappa shape index (κ2) is 4.35. The Labute approximate surface area is 119 Å². The van der Waals surface area contributed by atoms with Crippen LogP contribution in [0.4, 0.5) is 5.00 Å². The molecule has 1 atom stereocenters. The standard InChI is InChI=1S/C14H14N2OS2/c17-13-11-9-3-1-2-4-10(9)19-14(11)16-12(15-13)8-5-6-18-7-8/h5-7,12,16H,1-4H2,(H,15,17). The lowest BCUT2D eigenvalue weighted by Crippen LogP contribution is -2.38. The van der Waals surface area contributed by atoms with E-state index in [4.69, 9.17) is 0 Å². The van der Waals surface area contributed by atoms with Gasteiger partial charge in [-0.1, -0.05) is 0 Å². The molecular formula is C14H14N2OS2. The van der Waals surface area contributed by atoms with Gasteiger partial charge in [-0.25, -0.2) is 0 Å². The summed E-state index contributed by atoms with van der Waals surface area (Å²) in [5.41, 5.74) is 3.33.